The topological polar surface area (TPSA) is 95.4 Å². The Balaban J connectivity index is 0.00000180. The second kappa shape index (κ2) is 14.8. The average molecular weight is 573 g/mol. The van der Waals surface area contributed by atoms with Gasteiger partial charge in [-0.1, -0.05) is 68.4 Å². The number of aromatic nitrogens is 4. The van der Waals surface area contributed by atoms with Gasteiger partial charge in [-0.2, -0.15) is 0 Å². The molecule has 0 aliphatic rings. The summed E-state index contributed by atoms with van der Waals surface area (Å²) in [5.41, 5.74) is 14.8. The van der Waals surface area contributed by atoms with E-state index in [-0.39, 0.29) is 0 Å². The van der Waals surface area contributed by atoms with Crippen molar-refractivity contribution >= 4 is 21.8 Å². The minimum absolute atomic E-state index is 0.725. The van der Waals surface area contributed by atoms with Crippen LogP contribution in [0.4, 0.5) is 0 Å². The molecule has 43 heavy (non-hydrogen) atoms. The van der Waals surface area contributed by atoms with Crippen LogP contribution in [0.15, 0.2) is 85.1 Å². The van der Waals surface area contributed by atoms with Crippen LogP contribution in [0.1, 0.15) is 51.2 Å². The second-order valence-electron chi connectivity index (χ2n) is 10.8. The van der Waals surface area contributed by atoms with Gasteiger partial charge in [0, 0.05) is 12.8 Å². The molecule has 6 aromatic rings. The van der Waals surface area contributed by atoms with Crippen LogP contribution in [0.2, 0.25) is 0 Å². The van der Waals surface area contributed by atoms with Gasteiger partial charge in [0.2, 0.25) is 0 Å². The van der Waals surface area contributed by atoms with Crippen LogP contribution in [-0.2, 0) is 12.8 Å². The molecule has 6 heteroatoms. The first-order valence-electron chi connectivity index (χ1n) is 15.7. The van der Waals surface area contributed by atoms with Gasteiger partial charge < -0.3 is 21.0 Å². The van der Waals surface area contributed by atoms with Crippen molar-refractivity contribution in [2.45, 2.75) is 52.4 Å². The lowest BCUT2D eigenvalue weighted by molar-refractivity contribution is 0.666. The van der Waals surface area contributed by atoms with Crippen LogP contribution in [0.5, 0.6) is 0 Å². The Morgan fingerprint density at radius 3 is 2.02 bits per heavy atom. The van der Waals surface area contributed by atoms with Crippen molar-refractivity contribution in [1.29, 1.82) is 0 Å². The number of nitrogens with two attached hydrogens (primary N) is 1. The highest BCUT2D eigenvalue weighted by atomic mass is 14.9. The smallest absolute Gasteiger partial charge is 0.107 e. The monoisotopic (exact) mass is 572 g/mol. The van der Waals surface area contributed by atoms with Gasteiger partial charge in [-0.25, -0.2) is 9.97 Å². The van der Waals surface area contributed by atoms with Gasteiger partial charge >= 0.3 is 0 Å². The van der Waals surface area contributed by atoms with Gasteiger partial charge in [0.25, 0.3) is 0 Å². The normalized spacial score (nSPS) is 11.2. The molecule has 2 heterocycles. The number of H-pyrrole nitrogens is 2. The summed E-state index contributed by atoms with van der Waals surface area (Å²) in [5.74, 6) is 2.09. The lowest BCUT2D eigenvalue weighted by Crippen LogP contribution is -2.07. The average Bonchev–Trinajstić information content (AvgIpc) is 3.70. The third kappa shape index (κ3) is 7.39. The van der Waals surface area contributed by atoms with Crippen LogP contribution in [0.3, 0.4) is 0 Å². The molecule has 6 rings (SSSR count). The predicted octanol–water partition coefficient (Wildman–Crippen LogP) is 8.29. The molecule has 0 saturated heterocycles. The maximum atomic E-state index is 5.65. The lowest BCUT2D eigenvalue weighted by Gasteiger charge is -2.08. The SMILES string of the molecule is CC.CNCCCCc1ncc(-c2ccc(-c3ccc4ccc(-c5ccc6nc(CCCCN)[nH]c6c5)cc4c3)cc2)[nH]1. The number of imidazole rings is 2. The van der Waals surface area contributed by atoms with Gasteiger partial charge in [-0.15, -0.1) is 0 Å². The van der Waals surface area contributed by atoms with E-state index in [4.69, 9.17) is 10.7 Å². The number of hydrogen-bond acceptors (Lipinski definition) is 4. The standard InChI is InChI=1S/C35H38N6.C2H6/c1-37-19-5-3-6-34-38-23-33(41-34)26-12-8-24(9-13-26)27-14-10-25-11-15-28(21-30(25)20-27)29-16-17-31-32(22-29)40-35(39-31)7-2-4-18-36;1-2/h8-17,20-23,37H,2-7,18-19,36H2,1H3,(H,38,41)(H,39,40);1-2H3. The number of nitrogens with zero attached hydrogens (tertiary/aromatic N) is 2. The minimum Gasteiger partial charge on any atom is -0.342 e. The van der Waals surface area contributed by atoms with Crippen LogP contribution in [0.25, 0.3) is 55.3 Å². The zero-order valence-electron chi connectivity index (χ0n) is 25.7. The van der Waals surface area contributed by atoms with E-state index >= 15 is 0 Å². The summed E-state index contributed by atoms with van der Waals surface area (Å²) in [6.07, 6.45) is 8.22. The van der Waals surface area contributed by atoms with E-state index in [0.717, 1.165) is 85.6 Å². The van der Waals surface area contributed by atoms with Crippen LogP contribution in [0, 0.1) is 0 Å². The fourth-order valence-corrected chi connectivity index (χ4v) is 5.48. The predicted molar refractivity (Wildman–Crippen MR) is 182 cm³/mol. The number of benzene rings is 4. The number of aromatic amines is 2. The Bertz CT molecular complexity index is 1750. The maximum absolute atomic E-state index is 5.65. The molecule has 0 saturated carbocycles. The Morgan fingerprint density at radius 2 is 1.28 bits per heavy atom. The first kappa shape index (κ1) is 30.2. The summed E-state index contributed by atoms with van der Waals surface area (Å²) in [6, 6.07) is 28.7. The molecule has 0 bridgehead atoms. The van der Waals surface area contributed by atoms with Gasteiger partial charge in [0.15, 0.2) is 0 Å². The first-order chi connectivity index (χ1) is 21.2. The van der Waals surface area contributed by atoms with E-state index < -0.39 is 0 Å². The van der Waals surface area contributed by atoms with Gasteiger partial charge in [0.1, 0.15) is 11.6 Å². The molecule has 222 valence electrons. The van der Waals surface area contributed by atoms with Crippen molar-refractivity contribution in [2.24, 2.45) is 5.73 Å². The van der Waals surface area contributed by atoms with Gasteiger partial charge in [-0.3, -0.25) is 0 Å². The summed E-state index contributed by atoms with van der Waals surface area (Å²) in [7, 11) is 1.99. The van der Waals surface area contributed by atoms with Crippen molar-refractivity contribution < 1.29 is 0 Å². The van der Waals surface area contributed by atoms with Gasteiger partial charge in [-0.05, 0) is 109 Å². The Hall–Kier alpha value is -4.26. The molecule has 2 aromatic heterocycles. The van der Waals surface area contributed by atoms with Crippen LogP contribution < -0.4 is 11.1 Å². The van der Waals surface area contributed by atoms with E-state index in [1.807, 2.05) is 27.1 Å². The third-order valence-electron chi connectivity index (χ3n) is 7.82. The number of rotatable bonds is 12. The minimum atomic E-state index is 0.725. The largest absolute Gasteiger partial charge is 0.342 e. The zero-order chi connectivity index (χ0) is 30.0. The quantitative estimate of drug-likeness (QED) is 0.111. The Morgan fingerprint density at radius 1 is 0.651 bits per heavy atom. The van der Waals surface area contributed by atoms with Crippen molar-refractivity contribution in [3.05, 3.63) is 96.7 Å². The fourth-order valence-electron chi connectivity index (χ4n) is 5.48. The molecule has 6 nitrogen and oxygen atoms in total. The number of aryl methyl sites for hydroxylation is 2. The maximum Gasteiger partial charge on any atom is 0.107 e. The molecular formula is C37H44N6. The molecule has 0 unspecified atom stereocenters. The Kier molecular flexibility index (Phi) is 10.4. The van der Waals surface area contributed by atoms with Crippen LogP contribution in [-0.4, -0.2) is 40.1 Å². The summed E-state index contributed by atoms with van der Waals surface area (Å²) >= 11 is 0. The lowest BCUT2D eigenvalue weighted by atomic mass is 9.97. The number of nitrogens with one attached hydrogen (secondary N) is 3. The van der Waals surface area contributed by atoms with E-state index in [1.54, 1.807) is 0 Å². The summed E-state index contributed by atoms with van der Waals surface area (Å²) in [6.45, 7) is 5.77. The molecular weight excluding hydrogens is 528 g/mol. The molecule has 0 atom stereocenters. The molecule has 0 spiro atoms. The fraction of sp³-hybridized carbons (Fsp3) is 0.297. The molecule has 0 aliphatic heterocycles. The summed E-state index contributed by atoms with van der Waals surface area (Å²) < 4.78 is 0. The van der Waals surface area contributed by atoms with Crippen molar-refractivity contribution in [3.63, 3.8) is 0 Å². The van der Waals surface area contributed by atoms with Crippen molar-refractivity contribution in [3.8, 4) is 33.5 Å². The van der Waals surface area contributed by atoms with E-state index in [1.165, 1.54) is 33.0 Å². The highest BCUT2D eigenvalue weighted by molar-refractivity contribution is 5.92. The van der Waals surface area contributed by atoms with Crippen LogP contribution >= 0.6 is 0 Å². The highest BCUT2D eigenvalue weighted by Crippen LogP contribution is 2.31. The summed E-state index contributed by atoms with van der Waals surface area (Å²) in [5, 5.41) is 5.66. The van der Waals surface area contributed by atoms with E-state index in [0.29, 0.717) is 0 Å². The third-order valence-corrected chi connectivity index (χ3v) is 7.82. The molecule has 0 fully saturated rings. The first-order valence-corrected chi connectivity index (χ1v) is 15.7. The van der Waals surface area contributed by atoms with E-state index in [9.17, 15) is 0 Å². The summed E-state index contributed by atoms with van der Waals surface area (Å²) in [4.78, 5) is 16.3. The number of unbranched alkanes of at least 4 members (excludes halogenated alkanes) is 2. The molecule has 0 amide bonds. The molecule has 0 aliphatic carbocycles. The second-order valence-corrected chi connectivity index (χ2v) is 10.8. The Labute approximate surface area is 255 Å². The van der Waals surface area contributed by atoms with Crippen molar-refractivity contribution in [2.75, 3.05) is 20.1 Å². The molecule has 0 radical (unpaired) electrons. The molecule has 4 aromatic carbocycles. The number of hydrogen-bond donors (Lipinski definition) is 4. The van der Waals surface area contributed by atoms with E-state index in [2.05, 4.69) is 99.1 Å². The number of fused-ring (bicyclic) bond motifs is 2. The zero-order valence-corrected chi connectivity index (χ0v) is 25.7. The van der Waals surface area contributed by atoms with Crippen molar-refractivity contribution in [1.82, 2.24) is 25.3 Å². The molecule has 5 N–H and O–H groups in total. The highest BCUT2D eigenvalue weighted by Gasteiger charge is 2.08. The van der Waals surface area contributed by atoms with Gasteiger partial charge in [0.05, 0.1) is 22.9 Å².